The summed E-state index contributed by atoms with van der Waals surface area (Å²) in [6.45, 7) is 5.90. The lowest BCUT2D eigenvalue weighted by Crippen LogP contribution is -2.31. The van der Waals surface area contributed by atoms with Crippen molar-refractivity contribution >= 4 is 17.6 Å². The van der Waals surface area contributed by atoms with Crippen molar-refractivity contribution in [2.24, 2.45) is 10.7 Å². The highest BCUT2D eigenvalue weighted by atomic mass is 16.1. The molecule has 0 radical (unpaired) electrons. The maximum Gasteiger partial charge on any atom is 0.251 e. The van der Waals surface area contributed by atoms with Gasteiger partial charge in [0, 0.05) is 24.3 Å². The second-order valence-corrected chi connectivity index (χ2v) is 6.96. The predicted molar refractivity (Wildman–Crippen MR) is 112 cm³/mol. The van der Waals surface area contributed by atoms with Gasteiger partial charge < -0.3 is 21.3 Å². The lowest BCUT2D eigenvalue weighted by atomic mass is 10.1. The fourth-order valence-electron chi connectivity index (χ4n) is 2.72. The van der Waals surface area contributed by atoms with Crippen molar-refractivity contribution in [3.8, 4) is 0 Å². The zero-order chi connectivity index (χ0) is 19.8. The zero-order valence-corrected chi connectivity index (χ0v) is 16.5. The molecule has 0 aliphatic heterocycles. The van der Waals surface area contributed by atoms with Crippen LogP contribution in [-0.2, 0) is 6.54 Å². The summed E-state index contributed by atoms with van der Waals surface area (Å²) in [5.74, 6) is 0.268. The van der Waals surface area contributed by atoms with E-state index in [0.717, 1.165) is 17.8 Å². The lowest BCUT2D eigenvalue weighted by Gasteiger charge is -2.11. The van der Waals surface area contributed by atoms with Crippen LogP contribution in [0.4, 0.5) is 5.69 Å². The van der Waals surface area contributed by atoms with E-state index < -0.39 is 0 Å². The van der Waals surface area contributed by atoms with Gasteiger partial charge in [0.1, 0.15) is 0 Å². The Kier molecular flexibility index (Phi) is 7.37. The maximum atomic E-state index is 12.2. The Morgan fingerprint density at radius 3 is 2.48 bits per heavy atom. The van der Waals surface area contributed by atoms with E-state index in [-0.39, 0.29) is 5.91 Å². The lowest BCUT2D eigenvalue weighted by molar-refractivity contribution is 0.0951. The number of carbonyl (C=O) groups excluding carboxylic acids is 1. The first-order valence-electron chi connectivity index (χ1n) is 9.00. The van der Waals surface area contributed by atoms with Crippen LogP contribution in [0.3, 0.4) is 0 Å². The molecule has 0 aromatic heterocycles. The van der Waals surface area contributed by atoms with Crippen LogP contribution in [0.15, 0.2) is 47.5 Å². The summed E-state index contributed by atoms with van der Waals surface area (Å²) >= 11 is 0. The number of anilines is 1. The van der Waals surface area contributed by atoms with Crippen LogP contribution in [0, 0.1) is 13.8 Å². The second kappa shape index (κ2) is 9.73. The molecule has 0 fully saturated rings. The third kappa shape index (κ3) is 7.11. The fourth-order valence-corrected chi connectivity index (χ4v) is 2.72. The number of aliphatic imine (C=N–C) groups is 1. The summed E-state index contributed by atoms with van der Waals surface area (Å²) in [6.07, 6.45) is 0. The van der Waals surface area contributed by atoms with Gasteiger partial charge in [-0.25, -0.2) is 4.99 Å². The number of rotatable bonds is 7. The van der Waals surface area contributed by atoms with Crippen molar-refractivity contribution in [1.29, 1.82) is 0 Å². The van der Waals surface area contributed by atoms with E-state index in [1.165, 1.54) is 11.1 Å². The Labute approximate surface area is 161 Å². The Balaban J connectivity index is 1.96. The predicted octanol–water partition coefficient (Wildman–Crippen LogP) is 2.52. The van der Waals surface area contributed by atoms with Crippen LogP contribution in [0.5, 0.6) is 0 Å². The number of nitrogens with zero attached hydrogens (tertiary/aromatic N) is 2. The topological polar surface area (TPSA) is 82.7 Å². The Morgan fingerprint density at radius 1 is 1.11 bits per heavy atom. The number of hydrogen-bond donors (Lipinski definition) is 3. The molecule has 0 bridgehead atoms. The molecule has 2 aromatic carbocycles. The van der Waals surface area contributed by atoms with Crippen LogP contribution in [-0.4, -0.2) is 44.0 Å². The number of likely N-dealkylation sites (N-methyl/N-ethyl adjacent to an activating group) is 1. The van der Waals surface area contributed by atoms with E-state index in [2.05, 4.69) is 21.7 Å². The average molecular weight is 367 g/mol. The van der Waals surface area contributed by atoms with E-state index in [1.807, 2.05) is 63.2 Å². The standard InChI is InChI=1S/C21H29N5O/c1-15-10-16(2)12-19(11-15)25-21(22)24-14-17-6-5-7-18(13-17)20(27)23-8-9-26(3)4/h5-7,10-13H,8-9,14H2,1-4H3,(H,23,27)(H3,22,24,25). The van der Waals surface area contributed by atoms with Crippen molar-refractivity contribution in [3.63, 3.8) is 0 Å². The van der Waals surface area contributed by atoms with Gasteiger partial charge in [-0.2, -0.15) is 0 Å². The normalized spacial score (nSPS) is 11.5. The molecule has 27 heavy (non-hydrogen) atoms. The van der Waals surface area contributed by atoms with Gasteiger partial charge in [-0.15, -0.1) is 0 Å². The number of guanidine groups is 1. The molecule has 0 saturated heterocycles. The molecule has 2 rings (SSSR count). The first-order chi connectivity index (χ1) is 12.8. The molecule has 4 N–H and O–H groups in total. The van der Waals surface area contributed by atoms with Gasteiger partial charge in [0.2, 0.25) is 0 Å². The van der Waals surface area contributed by atoms with Crippen molar-refractivity contribution in [1.82, 2.24) is 10.2 Å². The van der Waals surface area contributed by atoms with Gasteiger partial charge in [-0.3, -0.25) is 4.79 Å². The van der Waals surface area contributed by atoms with Crippen LogP contribution < -0.4 is 16.4 Å². The molecule has 144 valence electrons. The first-order valence-corrected chi connectivity index (χ1v) is 9.00. The summed E-state index contributed by atoms with van der Waals surface area (Å²) in [7, 11) is 3.95. The number of hydrogen-bond acceptors (Lipinski definition) is 3. The number of amides is 1. The first kappa shape index (κ1) is 20.5. The minimum atomic E-state index is -0.0796. The third-order valence-corrected chi connectivity index (χ3v) is 3.96. The van der Waals surface area contributed by atoms with Crippen LogP contribution in [0.1, 0.15) is 27.0 Å². The fraction of sp³-hybridized carbons (Fsp3) is 0.333. The molecule has 0 unspecified atom stereocenters. The number of benzene rings is 2. The molecule has 0 aliphatic carbocycles. The van der Waals surface area contributed by atoms with E-state index in [9.17, 15) is 4.79 Å². The molecule has 6 nitrogen and oxygen atoms in total. The maximum absolute atomic E-state index is 12.2. The van der Waals surface area contributed by atoms with Crippen molar-refractivity contribution in [3.05, 3.63) is 64.7 Å². The summed E-state index contributed by atoms with van der Waals surface area (Å²) in [5.41, 5.74) is 10.8. The smallest absolute Gasteiger partial charge is 0.251 e. The van der Waals surface area contributed by atoms with Crippen LogP contribution in [0.2, 0.25) is 0 Å². The van der Waals surface area contributed by atoms with Crippen molar-refractivity contribution < 1.29 is 4.79 Å². The van der Waals surface area contributed by atoms with Gasteiger partial charge in [-0.1, -0.05) is 18.2 Å². The average Bonchev–Trinajstić information content (AvgIpc) is 2.59. The van der Waals surface area contributed by atoms with E-state index in [1.54, 1.807) is 6.07 Å². The van der Waals surface area contributed by atoms with Gasteiger partial charge in [-0.05, 0) is 68.9 Å². The van der Waals surface area contributed by atoms with E-state index in [0.29, 0.717) is 24.6 Å². The monoisotopic (exact) mass is 367 g/mol. The third-order valence-electron chi connectivity index (χ3n) is 3.96. The van der Waals surface area contributed by atoms with Crippen LogP contribution in [0.25, 0.3) is 0 Å². The zero-order valence-electron chi connectivity index (χ0n) is 16.5. The Bertz CT molecular complexity index is 794. The molecule has 0 heterocycles. The summed E-state index contributed by atoms with van der Waals surface area (Å²) < 4.78 is 0. The summed E-state index contributed by atoms with van der Waals surface area (Å²) in [4.78, 5) is 18.6. The number of carbonyl (C=O) groups is 1. The number of nitrogens with two attached hydrogens (primary N) is 1. The SMILES string of the molecule is Cc1cc(C)cc(NC(N)=NCc2cccc(C(=O)NCCN(C)C)c2)c1. The Hall–Kier alpha value is -2.86. The minimum absolute atomic E-state index is 0.0796. The minimum Gasteiger partial charge on any atom is -0.370 e. The van der Waals surface area contributed by atoms with E-state index in [4.69, 9.17) is 5.73 Å². The highest BCUT2D eigenvalue weighted by Gasteiger charge is 2.06. The van der Waals surface area contributed by atoms with Gasteiger partial charge in [0.05, 0.1) is 6.54 Å². The van der Waals surface area contributed by atoms with Crippen LogP contribution >= 0.6 is 0 Å². The second-order valence-electron chi connectivity index (χ2n) is 6.96. The van der Waals surface area contributed by atoms with Gasteiger partial charge in [0.15, 0.2) is 5.96 Å². The number of aryl methyl sites for hydroxylation is 2. The molecular weight excluding hydrogens is 338 g/mol. The van der Waals surface area contributed by atoms with Crippen molar-refractivity contribution in [2.45, 2.75) is 20.4 Å². The highest BCUT2D eigenvalue weighted by Crippen LogP contribution is 2.13. The molecule has 0 spiro atoms. The van der Waals surface area contributed by atoms with E-state index >= 15 is 0 Å². The molecule has 6 heteroatoms. The molecule has 1 amide bonds. The van der Waals surface area contributed by atoms with Gasteiger partial charge >= 0.3 is 0 Å². The summed E-state index contributed by atoms with van der Waals surface area (Å²) in [5, 5.41) is 6.03. The molecule has 0 aliphatic rings. The molecule has 0 saturated carbocycles. The van der Waals surface area contributed by atoms with Crippen molar-refractivity contribution in [2.75, 3.05) is 32.5 Å². The quantitative estimate of drug-likeness (QED) is 0.519. The molecule has 2 aromatic rings. The molecular formula is C21H29N5O. The number of nitrogens with one attached hydrogen (secondary N) is 2. The Morgan fingerprint density at radius 2 is 1.81 bits per heavy atom. The van der Waals surface area contributed by atoms with Gasteiger partial charge in [0.25, 0.3) is 5.91 Å². The molecule has 0 atom stereocenters. The summed E-state index contributed by atoms with van der Waals surface area (Å²) in [6, 6.07) is 13.6. The highest BCUT2D eigenvalue weighted by molar-refractivity contribution is 5.94. The largest absolute Gasteiger partial charge is 0.370 e.